The van der Waals surface area contributed by atoms with E-state index in [1.54, 1.807) is 19.1 Å². The van der Waals surface area contributed by atoms with Gasteiger partial charge in [-0.2, -0.15) is 0 Å². The highest BCUT2D eigenvalue weighted by Crippen LogP contribution is 2.18. The van der Waals surface area contributed by atoms with Crippen LogP contribution in [0.4, 0.5) is 0 Å². The molecule has 0 fully saturated rings. The van der Waals surface area contributed by atoms with Crippen LogP contribution >= 0.6 is 0 Å². The van der Waals surface area contributed by atoms with Crippen LogP contribution in [0.25, 0.3) is 0 Å². The maximum absolute atomic E-state index is 11.7. The fraction of sp³-hybridized carbons (Fsp3) is 0.500. The number of aliphatic carboxylic acids is 5. The summed E-state index contributed by atoms with van der Waals surface area (Å²) in [5.41, 5.74) is 0.638. The van der Waals surface area contributed by atoms with Gasteiger partial charge in [-0.15, -0.1) is 0 Å². The summed E-state index contributed by atoms with van der Waals surface area (Å²) in [4.78, 5) is 60.4. The fourth-order valence-electron chi connectivity index (χ4n) is 3.90. The lowest BCUT2D eigenvalue weighted by Gasteiger charge is -2.39. The van der Waals surface area contributed by atoms with Gasteiger partial charge in [0.25, 0.3) is 0 Å². The number of nitrogens with zero attached hydrogens (tertiary/aromatic N) is 3. The molecule has 0 unspecified atom stereocenters. The molecule has 0 aliphatic heterocycles. The van der Waals surface area contributed by atoms with Crippen LogP contribution in [0.2, 0.25) is 0 Å². The third kappa shape index (κ3) is 12.1. The molecule has 14 heteroatoms. The summed E-state index contributed by atoms with van der Waals surface area (Å²) in [5, 5.41) is 55.8. The SMILES string of the molecule is C[C@@H](CN(CC(=O)O)CC(=O)O)N(CC(=O)O)[C@@H](Cc1ccc(O)cc1)CN(CC(=O)O)CC(=O)O. The van der Waals surface area contributed by atoms with Gasteiger partial charge < -0.3 is 30.6 Å². The van der Waals surface area contributed by atoms with E-state index in [1.165, 1.54) is 17.0 Å². The average Bonchev–Trinajstić information content (AvgIpc) is 2.71. The minimum atomic E-state index is -1.29. The molecule has 0 saturated carbocycles. The first kappa shape index (κ1) is 30.3. The molecule has 0 aliphatic carbocycles. The number of carboxylic acid groups (broad SMARTS) is 5. The van der Waals surface area contributed by atoms with Crippen molar-refractivity contribution >= 4 is 29.8 Å². The van der Waals surface area contributed by atoms with E-state index >= 15 is 0 Å². The number of carboxylic acids is 5. The van der Waals surface area contributed by atoms with Crippen LogP contribution in [0, 0.1) is 0 Å². The Balaban J connectivity index is 3.36. The predicted octanol–water partition coefficient (Wildman–Crippen LogP) is -0.979. The van der Waals surface area contributed by atoms with Crippen molar-refractivity contribution in [2.24, 2.45) is 0 Å². The molecule has 0 bridgehead atoms. The van der Waals surface area contributed by atoms with E-state index in [0.29, 0.717) is 5.56 Å². The van der Waals surface area contributed by atoms with Crippen molar-refractivity contribution < 1.29 is 54.6 Å². The zero-order valence-electron chi connectivity index (χ0n) is 19.7. The molecule has 0 aromatic heterocycles. The standard InChI is InChI=1S/C22H31N3O11/c1-14(7-23(9-18(27)28)10-19(29)30)25(13-22(35)36)16(6-15-2-4-17(26)5-3-15)8-24(11-20(31)32)12-21(33)34/h2-5,14,16,26H,6-13H2,1H3,(H,27,28)(H,29,30)(H,31,32)(H,33,34)(H,35,36)/t14-,16-/m0/s1. The largest absolute Gasteiger partial charge is 0.508 e. The van der Waals surface area contributed by atoms with E-state index < -0.39 is 74.7 Å². The summed E-state index contributed by atoms with van der Waals surface area (Å²) in [7, 11) is 0. The van der Waals surface area contributed by atoms with Gasteiger partial charge in [0.15, 0.2) is 0 Å². The lowest BCUT2D eigenvalue weighted by atomic mass is 10.0. The van der Waals surface area contributed by atoms with E-state index in [1.807, 2.05) is 0 Å². The summed E-state index contributed by atoms with van der Waals surface area (Å²) in [6.07, 6.45) is 0.130. The Morgan fingerprint density at radius 3 is 1.44 bits per heavy atom. The number of phenolic OH excluding ortho intramolecular Hbond substituents is 1. The first-order valence-electron chi connectivity index (χ1n) is 10.8. The molecule has 1 aromatic rings. The van der Waals surface area contributed by atoms with Crippen LogP contribution in [0.1, 0.15) is 12.5 Å². The third-order valence-electron chi connectivity index (χ3n) is 5.19. The minimum absolute atomic E-state index is 0.0116. The molecule has 0 spiro atoms. The Hall–Kier alpha value is -3.75. The summed E-state index contributed by atoms with van der Waals surface area (Å²) in [5.74, 6) is -6.38. The van der Waals surface area contributed by atoms with Crippen molar-refractivity contribution in [2.75, 3.05) is 45.8 Å². The summed E-state index contributed by atoms with van der Waals surface area (Å²) >= 11 is 0. The molecule has 200 valence electrons. The molecule has 6 N–H and O–H groups in total. The van der Waals surface area contributed by atoms with Gasteiger partial charge in [0.05, 0.1) is 32.7 Å². The second-order valence-electron chi connectivity index (χ2n) is 8.35. The van der Waals surface area contributed by atoms with Crippen molar-refractivity contribution in [1.29, 1.82) is 0 Å². The van der Waals surface area contributed by atoms with Crippen LogP contribution in [0.3, 0.4) is 0 Å². The monoisotopic (exact) mass is 513 g/mol. The Bertz CT molecular complexity index is 890. The summed E-state index contributed by atoms with van der Waals surface area (Å²) in [6, 6.07) is 4.47. The molecule has 36 heavy (non-hydrogen) atoms. The van der Waals surface area contributed by atoms with Crippen molar-refractivity contribution in [3.8, 4) is 5.75 Å². The van der Waals surface area contributed by atoms with Gasteiger partial charge in [0.2, 0.25) is 0 Å². The number of hydrogen-bond donors (Lipinski definition) is 6. The highest BCUT2D eigenvalue weighted by atomic mass is 16.4. The highest BCUT2D eigenvalue weighted by molar-refractivity contribution is 5.73. The zero-order chi connectivity index (χ0) is 27.4. The smallest absolute Gasteiger partial charge is 0.317 e. The Labute approximate surface area is 206 Å². The van der Waals surface area contributed by atoms with Gasteiger partial charge in [-0.3, -0.25) is 38.7 Å². The van der Waals surface area contributed by atoms with Crippen LogP contribution in [-0.2, 0) is 30.4 Å². The van der Waals surface area contributed by atoms with E-state index in [2.05, 4.69) is 0 Å². The highest BCUT2D eigenvalue weighted by Gasteiger charge is 2.30. The van der Waals surface area contributed by atoms with Gasteiger partial charge in [0.1, 0.15) is 5.75 Å². The van der Waals surface area contributed by atoms with Crippen LogP contribution < -0.4 is 0 Å². The Kier molecular flexibility index (Phi) is 12.3. The Morgan fingerprint density at radius 2 is 1.06 bits per heavy atom. The van der Waals surface area contributed by atoms with Gasteiger partial charge in [-0.1, -0.05) is 12.1 Å². The average molecular weight is 514 g/mol. The van der Waals surface area contributed by atoms with Gasteiger partial charge in [0, 0.05) is 25.2 Å². The number of benzene rings is 1. The molecular weight excluding hydrogens is 482 g/mol. The maximum Gasteiger partial charge on any atom is 0.317 e. The normalized spacial score (nSPS) is 13.0. The summed E-state index contributed by atoms with van der Waals surface area (Å²) < 4.78 is 0. The molecule has 14 nitrogen and oxygen atoms in total. The fourth-order valence-corrected chi connectivity index (χ4v) is 3.90. The van der Waals surface area contributed by atoms with Crippen molar-refractivity contribution in [2.45, 2.75) is 25.4 Å². The molecular formula is C22H31N3O11. The van der Waals surface area contributed by atoms with Gasteiger partial charge in [-0.05, 0) is 31.0 Å². The van der Waals surface area contributed by atoms with Crippen molar-refractivity contribution in [3.63, 3.8) is 0 Å². The number of rotatable bonds is 18. The number of aromatic hydroxyl groups is 1. The maximum atomic E-state index is 11.7. The van der Waals surface area contributed by atoms with Crippen LogP contribution in [0.15, 0.2) is 24.3 Å². The second-order valence-corrected chi connectivity index (χ2v) is 8.35. The zero-order valence-corrected chi connectivity index (χ0v) is 19.7. The van der Waals surface area contributed by atoms with E-state index in [0.717, 1.165) is 9.80 Å². The molecule has 2 atom stereocenters. The van der Waals surface area contributed by atoms with E-state index in [4.69, 9.17) is 10.2 Å². The van der Waals surface area contributed by atoms with Crippen molar-refractivity contribution in [3.05, 3.63) is 29.8 Å². The van der Waals surface area contributed by atoms with Crippen LogP contribution in [0.5, 0.6) is 5.75 Å². The molecule has 1 aromatic carbocycles. The first-order chi connectivity index (χ1) is 16.8. The number of carbonyl (C=O) groups is 5. The lowest BCUT2D eigenvalue weighted by Crippen LogP contribution is -2.55. The quantitative estimate of drug-likeness (QED) is 0.139. The van der Waals surface area contributed by atoms with E-state index in [-0.39, 0.29) is 25.3 Å². The topological polar surface area (TPSA) is 216 Å². The second kappa shape index (κ2) is 14.6. The third-order valence-corrected chi connectivity index (χ3v) is 5.19. The molecule has 0 saturated heterocycles. The summed E-state index contributed by atoms with van der Waals surface area (Å²) in [6.45, 7) is -1.77. The molecule has 0 heterocycles. The van der Waals surface area contributed by atoms with Crippen molar-refractivity contribution in [1.82, 2.24) is 14.7 Å². The lowest BCUT2D eigenvalue weighted by molar-refractivity contribution is -0.144. The first-order valence-corrected chi connectivity index (χ1v) is 10.8. The van der Waals surface area contributed by atoms with Gasteiger partial charge in [-0.25, -0.2) is 0 Å². The van der Waals surface area contributed by atoms with Gasteiger partial charge >= 0.3 is 29.8 Å². The van der Waals surface area contributed by atoms with Crippen LogP contribution in [-0.4, -0.2) is 133 Å². The van der Waals surface area contributed by atoms with E-state index in [9.17, 15) is 44.4 Å². The predicted molar refractivity (Wildman–Crippen MR) is 123 cm³/mol. The molecule has 0 aliphatic rings. The minimum Gasteiger partial charge on any atom is -0.508 e. The Morgan fingerprint density at radius 1 is 0.667 bits per heavy atom. The number of phenols is 1. The molecule has 1 rings (SSSR count). The number of hydrogen-bond acceptors (Lipinski definition) is 9. The molecule has 0 radical (unpaired) electrons. The molecule has 0 amide bonds.